The highest BCUT2D eigenvalue weighted by molar-refractivity contribution is 5.97. The van der Waals surface area contributed by atoms with Crippen molar-refractivity contribution in [3.8, 4) is 17.3 Å². The Bertz CT molecular complexity index is 1560. The van der Waals surface area contributed by atoms with Gasteiger partial charge in [0.2, 0.25) is 0 Å². The summed E-state index contributed by atoms with van der Waals surface area (Å²) in [5, 5.41) is 18.0. The highest BCUT2D eigenvalue weighted by Crippen LogP contribution is 2.22. The fourth-order valence-electron chi connectivity index (χ4n) is 3.70. The lowest BCUT2D eigenvalue weighted by Crippen LogP contribution is -2.29. The lowest BCUT2D eigenvalue weighted by Gasteiger charge is -2.16. The molecule has 0 aliphatic heterocycles. The van der Waals surface area contributed by atoms with Crippen LogP contribution in [-0.4, -0.2) is 38.9 Å². The zero-order chi connectivity index (χ0) is 28.6. The normalized spacial score (nSPS) is 11.4. The zero-order valence-corrected chi connectivity index (χ0v) is 21.4. The smallest absolute Gasteiger partial charge is 0.274 e. The first-order valence-corrected chi connectivity index (χ1v) is 12.2. The Morgan fingerprint density at radius 3 is 2.50 bits per heavy atom. The second-order valence-electron chi connectivity index (χ2n) is 8.69. The molecule has 0 saturated carbocycles. The predicted octanol–water partition coefficient (Wildman–Crippen LogP) is 3.14. The Morgan fingerprint density at radius 1 is 1.02 bits per heavy atom. The van der Waals surface area contributed by atoms with Crippen LogP contribution < -0.4 is 27.4 Å². The molecule has 0 radical (unpaired) electrons. The van der Waals surface area contributed by atoms with Crippen LogP contribution in [0, 0.1) is 23.0 Å². The van der Waals surface area contributed by atoms with Crippen LogP contribution in [0.4, 0.5) is 26.2 Å². The lowest BCUT2D eigenvalue weighted by atomic mass is 10.1. The fraction of sp³-hybridized carbons (Fsp3) is 0.185. The van der Waals surface area contributed by atoms with Crippen LogP contribution in [0.3, 0.4) is 0 Å². The van der Waals surface area contributed by atoms with Gasteiger partial charge in [-0.1, -0.05) is 30.3 Å². The molecule has 2 aromatic heterocycles. The Labute approximate surface area is 228 Å². The summed E-state index contributed by atoms with van der Waals surface area (Å²) in [4.78, 5) is 30.0. The predicted molar refractivity (Wildman–Crippen MR) is 146 cm³/mol. The van der Waals surface area contributed by atoms with Gasteiger partial charge in [0.05, 0.1) is 24.1 Å². The molecule has 1 amide bonds. The number of nitrogens with zero attached hydrogens (tertiary/aromatic N) is 5. The molecule has 0 aliphatic rings. The van der Waals surface area contributed by atoms with Crippen LogP contribution in [0.5, 0.6) is 0 Å². The second-order valence-corrected chi connectivity index (χ2v) is 8.69. The van der Waals surface area contributed by atoms with E-state index in [9.17, 15) is 18.8 Å². The van der Waals surface area contributed by atoms with Crippen molar-refractivity contribution in [2.75, 3.05) is 29.5 Å². The standard InChI is InChI=1S/C27H26F2N10O/c1-15(18-6-7-20(28)21(29)10-18)37-27(40)23-25(36-13-19(11-31)38-23)35-12-16-2-4-17(5-3-16)22-14-34-24(32)26(39-22)33-9-8-30/h2-7,10,13-15H,8-9,12,30H2,1H3,(H2,32,34)(H,33,39)(H,35,36)(H,37,40)/t15-/m0/s1. The number of halogens is 2. The number of hydrogen-bond donors (Lipinski definition) is 5. The van der Waals surface area contributed by atoms with Gasteiger partial charge < -0.3 is 27.4 Å². The molecule has 2 heterocycles. The molecule has 2 aromatic carbocycles. The number of amides is 1. The molecular weight excluding hydrogens is 518 g/mol. The summed E-state index contributed by atoms with van der Waals surface area (Å²) in [5.74, 6) is -1.76. The highest BCUT2D eigenvalue weighted by atomic mass is 19.2. The topological polar surface area (TPSA) is 181 Å². The Morgan fingerprint density at radius 2 is 1.80 bits per heavy atom. The van der Waals surface area contributed by atoms with E-state index in [4.69, 9.17) is 11.5 Å². The number of aromatic nitrogens is 4. The first kappa shape index (κ1) is 27.8. The third-order valence-electron chi connectivity index (χ3n) is 5.84. The average molecular weight is 545 g/mol. The van der Waals surface area contributed by atoms with E-state index in [-0.39, 0.29) is 29.6 Å². The third-order valence-corrected chi connectivity index (χ3v) is 5.84. The number of carbonyl (C=O) groups is 1. The summed E-state index contributed by atoms with van der Waals surface area (Å²) < 4.78 is 26.9. The van der Waals surface area contributed by atoms with Crippen LogP contribution in [-0.2, 0) is 6.54 Å². The zero-order valence-electron chi connectivity index (χ0n) is 21.4. The summed E-state index contributed by atoms with van der Waals surface area (Å²) in [6.45, 7) is 2.84. The lowest BCUT2D eigenvalue weighted by molar-refractivity contribution is 0.0935. The van der Waals surface area contributed by atoms with E-state index in [1.165, 1.54) is 12.3 Å². The number of benzene rings is 2. The minimum atomic E-state index is -1.02. The Hall–Kier alpha value is -5.22. The molecule has 7 N–H and O–H groups in total. The van der Waals surface area contributed by atoms with E-state index >= 15 is 0 Å². The number of rotatable bonds is 10. The summed E-state index contributed by atoms with van der Waals surface area (Å²) in [5.41, 5.74) is 13.9. The average Bonchev–Trinajstić information content (AvgIpc) is 2.97. The van der Waals surface area contributed by atoms with Crippen molar-refractivity contribution in [3.63, 3.8) is 0 Å². The van der Waals surface area contributed by atoms with Gasteiger partial charge in [-0.3, -0.25) is 4.79 Å². The molecule has 0 bridgehead atoms. The van der Waals surface area contributed by atoms with E-state index in [1.54, 1.807) is 13.1 Å². The SMILES string of the molecule is C[C@H](NC(=O)c1nc(C#N)cnc1NCc1ccc(-c2cnc(N)c(NCCN)n2)cc1)c1ccc(F)c(F)c1. The van der Waals surface area contributed by atoms with Gasteiger partial charge in [-0.25, -0.2) is 28.7 Å². The molecule has 0 unspecified atom stereocenters. The van der Waals surface area contributed by atoms with Crippen molar-refractivity contribution < 1.29 is 13.6 Å². The highest BCUT2D eigenvalue weighted by Gasteiger charge is 2.19. The van der Waals surface area contributed by atoms with Crippen LogP contribution in [0.25, 0.3) is 11.3 Å². The maximum absolute atomic E-state index is 13.6. The molecule has 40 heavy (non-hydrogen) atoms. The molecule has 204 valence electrons. The van der Waals surface area contributed by atoms with Crippen molar-refractivity contribution in [3.05, 3.63) is 89.0 Å². The molecule has 0 aliphatic carbocycles. The van der Waals surface area contributed by atoms with Gasteiger partial charge in [0.25, 0.3) is 5.91 Å². The number of anilines is 3. The van der Waals surface area contributed by atoms with E-state index in [2.05, 4.69) is 35.9 Å². The molecule has 0 fully saturated rings. The van der Waals surface area contributed by atoms with Gasteiger partial charge in [0.15, 0.2) is 40.5 Å². The van der Waals surface area contributed by atoms with Crippen molar-refractivity contribution in [1.29, 1.82) is 5.26 Å². The number of nitrogens with one attached hydrogen (secondary N) is 3. The third kappa shape index (κ3) is 6.61. The van der Waals surface area contributed by atoms with E-state index in [0.717, 1.165) is 23.3 Å². The molecular formula is C27H26F2N10O. The van der Waals surface area contributed by atoms with E-state index in [1.807, 2.05) is 30.3 Å². The number of hydrogen-bond acceptors (Lipinski definition) is 10. The summed E-state index contributed by atoms with van der Waals surface area (Å²) in [6, 6.07) is 12.0. The largest absolute Gasteiger partial charge is 0.381 e. The van der Waals surface area contributed by atoms with Crippen LogP contribution in [0.15, 0.2) is 54.9 Å². The second kappa shape index (κ2) is 12.5. The van der Waals surface area contributed by atoms with E-state index in [0.29, 0.717) is 30.2 Å². The molecule has 4 rings (SSSR count). The van der Waals surface area contributed by atoms with E-state index < -0.39 is 23.6 Å². The minimum absolute atomic E-state index is 0.0505. The maximum Gasteiger partial charge on any atom is 0.274 e. The van der Waals surface area contributed by atoms with Crippen LogP contribution >= 0.6 is 0 Å². The number of nitrogens with two attached hydrogens (primary N) is 2. The Kier molecular flexibility index (Phi) is 8.72. The van der Waals surface area contributed by atoms with Gasteiger partial charge in [0.1, 0.15) is 6.07 Å². The fourth-order valence-corrected chi connectivity index (χ4v) is 3.70. The number of nitriles is 1. The van der Waals surface area contributed by atoms with Crippen LogP contribution in [0.1, 0.15) is 40.3 Å². The first-order chi connectivity index (χ1) is 19.3. The Balaban J connectivity index is 1.47. The van der Waals surface area contributed by atoms with Crippen molar-refractivity contribution >= 4 is 23.4 Å². The monoisotopic (exact) mass is 544 g/mol. The molecule has 0 spiro atoms. The quantitative estimate of drug-likeness (QED) is 0.199. The number of nitrogen functional groups attached to an aromatic ring is 1. The molecule has 11 nitrogen and oxygen atoms in total. The summed E-state index contributed by atoms with van der Waals surface area (Å²) in [7, 11) is 0. The van der Waals surface area contributed by atoms with Crippen molar-refractivity contribution in [2.45, 2.75) is 19.5 Å². The molecule has 13 heteroatoms. The molecule has 1 atom stereocenters. The van der Waals surface area contributed by atoms with Crippen molar-refractivity contribution in [1.82, 2.24) is 25.3 Å². The van der Waals surface area contributed by atoms with Crippen LogP contribution in [0.2, 0.25) is 0 Å². The van der Waals surface area contributed by atoms with Gasteiger partial charge in [-0.2, -0.15) is 5.26 Å². The molecule has 0 saturated heterocycles. The minimum Gasteiger partial charge on any atom is -0.381 e. The van der Waals surface area contributed by atoms with Gasteiger partial charge in [-0.15, -0.1) is 0 Å². The number of carbonyl (C=O) groups excluding carboxylic acids is 1. The molecule has 4 aromatic rings. The summed E-state index contributed by atoms with van der Waals surface area (Å²) >= 11 is 0. The van der Waals surface area contributed by atoms with Gasteiger partial charge in [-0.05, 0) is 30.2 Å². The van der Waals surface area contributed by atoms with Gasteiger partial charge in [0, 0.05) is 25.2 Å². The van der Waals surface area contributed by atoms with Gasteiger partial charge >= 0.3 is 0 Å². The van der Waals surface area contributed by atoms with Crippen molar-refractivity contribution in [2.24, 2.45) is 5.73 Å². The summed E-state index contributed by atoms with van der Waals surface area (Å²) in [6.07, 6.45) is 2.83. The maximum atomic E-state index is 13.6. The first-order valence-electron chi connectivity index (χ1n) is 12.2.